The summed E-state index contributed by atoms with van der Waals surface area (Å²) in [6.45, 7) is 3.17. The molecular formula is C9H11Cl2NO2S. The number of benzene rings is 1. The van der Waals surface area contributed by atoms with Crippen LogP contribution in [-0.4, -0.2) is 13.7 Å². The van der Waals surface area contributed by atoms with E-state index in [9.17, 15) is 8.42 Å². The van der Waals surface area contributed by atoms with Gasteiger partial charge in [-0.2, -0.15) is 0 Å². The first-order valence-electron chi connectivity index (χ1n) is 4.29. The molecule has 0 amide bonds. The van der Waals surface area contributed by atoms with E-state index in [1.54, 1.807) is 26.0 Å². The number of anilines is 1. The van der Waals surface area contributed by atoms with Gasteiger partial charge in [0.05, 0.1) is 16.0 Å². The Bertz CT molecular complexity index is 457. The van der Waals surface area contributed by atoms with Crippen molar-refractivity contribution < 1.29 is 8.42 Å². The minimum Gasteiger partial charge on any atom is -0.282 e. The van der Waals surface area contributed by atoms with E-state index in [1.165, 1.54) is 6.07 Å². The minimum absolute atomic E-state index is 0.304. The second-order valence-corrected chi connectivity index (χ2v) is 6.40. The number of hydrogen-bond acceptors (Lipinski definition) is 2. The highest BCUT2D eigenvalue weighted by Crippen LogP contribution is 2.26. The van der Waals surface area contributed by atoms with Crippen molar-refractivity contribution in [3.63, 3.8) is 0 Å². The van der Waals surface area contributed by atoms with E-state index < -0.39 is 15.3 Å². The van der Waals surface area contributed by atoms with Gasteiger partial charge in [0.2, 0.25) is 10.0 Å². The van der Waals surface area contributed by atoms with E-state index >= 15 is 0 Å². The summed E-state index contributed by atoms with van der Waals surface area (Å²) < 4.78 is 25.5. The van der Waals surface area contributed by atoms with Gasteiger partial charge in [0.15, 0.2) is 0 Å². The molecule has 3 nitrogen and oxygen atoms in total. The van der Waals surface area contributed by atoms with Gasteiger partial charge in [0.1, 0.15) is 0 Å². The summed E-state index contributed by atoms with van der Waals surface area (Å²) in [5.41, 5.74) is 0.304. The van der Waals surface area contributed by atoms with Crippen LogP contribution >= 0.6 is 23.2 Å². The second kappa shape index (κ2) is 4.60. The average molecular weight is 268 g/mol. The van der Waals surface area contributed by atoms with Crippen molar-refractivity contribution in [1.29, 1.82) is 0 Å². The largest absolute Gasteiger partial charge is 0.282 e. The molecule has 0 aromatic heterocycles. The predicted molar refractivity (Wildman–Crippen MR) is 64.1 cm³/mol. The lowest BCUT2D eigenvalue weighted by atomic mass is 10.3. The maximum atomic E-state index is 11.6. The van der Waals surface area contributed by atoms with Gasteiger partial charge < -0.3 is 0 Å². The second-order valence-electron chi connectivity index (χ2n) is 3.32. The van der Waals surface area contributed by atoms with Crippen LogP contribution in [0.25, 0.3) is 0 Å². The molecule has 0 spiro atoms. The van der Waals surface area contributed by atoms with Crippen molar-refractivity contribution in [2.24, 2.45) is 0 Å². The van der Waals surface area contributed by atoms with Crippen LogP contribution in [0.4, 0.5) is 5.69 Å². The van der Waals surface area contributed by atoms with Crippen LogP contribution in [0.3, 0.4) is 0 Å². The first-order chi connectivity index (χ1) is 6.83. The molecule has 0 saturated heterocycles. The topological polar surface area (TPSA) is 46.2 Å². The van der Waals surface area contributed by atoms with Gasteiger partial charge in [-0.05, 0) is 32.0 Å². The fourth-order valence-electron chi connectivity index (χ4n) is 0.847. The molecule has 0 radical (unpaired) electrons. The molecule has 0 aliphatic rings. The molecule has 1 N–H and O–H groups in total. The van der Waals surface area contributed by atoms with Crippen LogP contribution in [0, 0.1) is 0 Å². The summed E-state index contributed by atoms with van der Waals surface area (Å²) >= 11 is 11.6. The zero-order chi connectivity index (χ0) is 11.6. The minimum atomic E-state index is -3.38. The van der Waals surface area contributed by atoms with Crippen molar-refractivity contribution in [1.82, 2.24) is 0 Å². The van der Waals surface area contributed by atoms with E-state index in [0.29, 0.717) is 15.7 Å². The Hall–Kier alpha value is -0.450. The van der Waals surface area contributed by atoms with Gasteiger partial charge in [-0.15, -0.1) is 0 Å². The highest BCUT2D eigenvalue weighted by Gasteiger charge is 2.16. The van der Waals surface area contributed by atoms with E-state index in [4.69, 9.17) is 23.2 Å². The third-order valence-corrected chi connectivity index (χ3v) is 4.11. The molecule has 84 valence electrons. The van der Waals surface area contributed by atoms with Crippen molar-refractivity contribution in [2.45, 2.75) is 19.1 Å². The highest BCUT2D eigenvalue weighted by molar-refractivity contribution is 7.93. The van der Waals surface area contributed by atoms with Gasteiger partial charge >= 0.3 is 0 Å². The Balaban J connectivity index is 3.05. The number of sulfonamides is 1. The maximum absolute atomic E-state index is 11.6. The van der Waals surface area contributed by atoms with Crippen molar-refractivity contribution in [3.8, 4) is 0 Å². The van der Waals surface area contributed by atoms with Crippen LogP contribution < -0.4 is 4.72 Å². The Labute approximate surface area is 99.4 Å². The third-order valence-electron chi connectivity index (χ3n) is 1.80. The average Bonchev–Trinajstić information content (AvgIpc) is 2.10. The zero-order valence-corrected chi connectivity index (χ0v) is 10.6. The lowest BCUT2D eigenvalue weighted by molar-refractivity contribution is 0.593. The summed E-state index contributed by atoms with van der Waals surface area (Å²) in [5.74, 6) is 0. The van der Waals surface area contributed by atoms with E-state index in [-0.39, 0.29) is 0 Å². The monoisotopic (exact) mass is 267 g/mol. The SMILES string of the molecule is CC(C)S(=O)(=O)Nc1cc(Cl)ccc1Cl. The van der Waals surface area contributed by atoms with Gasteiger partial charge in [0, 0.05) is 5.02 Å². The summed E-state index contributed by atoms with van der Waals surface area (Å²) in [6.07, 6.45) is 0. The van der Waals surface area contributed by atoms with E-state index in [2.05, 4.69) is 4.72 Å². The smallest absolute Gasteiger partial charge is 0.235 e. The Morgan fingerprint density at radius 3 is 2.40 bits per heavy atom. The molecule has 0 aliphatic carbocycles. The number of nitrogens with one attached hydrogen (secondary N) is 1. The molecule has 0 atom stereocenters. The summed E-state index contributed by atoms with van der Waals surface area (Å²) in [4.78, 5) is 0. The lowest BCUT2D eigenvalue weighted by Crippen LogP contribution is -2.22. The molecule has 0 heterocycles. The van der Waals surface area contributed by atoms with Gasteiger partial charge in [0.25, 0.3) is 0 Å². The molecule has 0 aliphatic heterocycles. The van der Waals surface area contributed by atoms with Crippen molar-refractivity contribution in [3.05, 3.63) is 28.2 Å². The quantitative estimate of drug-likeness (QED) is 0.915. The zero-order valence-electron chi connectivity index (χ0n) is 8.29. The van der Waals surface area contributed by atoms with Gasteiger partial charge in [-0.1, -0.05) is 23.2 Å². The van der Waals surface area contributed by atoms with Gasteiger partial charge in [-0.25, -0.2) is 8.42 Å². The summed E-state index contributed by atoms with van der Waals surface area (Å²) in [6, 6.07) is 4.61. The summed E-state index contributed by atoms with van der Waals surface area (Å²) in [7, 11) is -3.38. The molecule has 15 heavy (non-hydrogen) atoms. The van der Waals surface area contributed by atoms with E-state index in [1.807, 2.05) is 0 Å². The fraction of sp³-hybridized carbons (Fsp3) is 0.333. The molecule has 0 unspecified atom stereocenters. The first kappa shape index (κ1) is 12.6. The molecule has 0 fully saturated rings. The number of rotatable bonds is 3. The fourth-order valence-corrected chi connectivity index (χ4v) is 1.95. The Kier molecular flexibility index (Phi) is 3.87. The number of hydrogen-bond donors (Lipinski definition) is 1. The molecule has 1 aromatic carbocycles. The normalized spacial score (nSPS) is 11.8. The van der Waals surface area contributed by atoms with Crippen molar-refractivity contribution in [2.75, 3.05) is 4.72 Å². The van der Waals surface area contributed by atoms with Crippen LogP contribution in [-0.2, 0) is 10.0 Å². The lowest BCUT2D eigenvalue weighted by Gasteiger charge is -2.12. The maximum Gasteiger partial charge on any atom is 0.235 e. The predicted octanol–water partition coefficient (Wildman–Crippen LogP) is 3.14. The Morgan fingerprint density at radius 2 is 1.87 bits per heavy atom. The van der Waals surface area contributed by atoms with E-state index in [0.717, 1.165) is 0 Å². The molecule has 1 aromatic rings. The molecular weight excluding hydrogens is 257 g/mol. The van der Waals surface area contributed by atoms with Crippen LogP contribution in [0.5, 0.6) is 0 Å². The standard InChI is InChI=1S/C9H11Cl2NO2S/c1-6(2)15(13,14)12-9-5-7(10)3-4-8(9)11/h3-6,12H,1-2H3. The molecule has 0 bridgehead atoms. The van der Waals surface area contributed by atoms with Crippen LogP contribution in [0.1, 0.15) is 13.8 Å². The van der Waals surface area contributed by atoms with Gasteiger partial charge in [-0.3, -0.25) is 4.72 Å². The van der Waals surface area contributed by atoms with Crippen LogP contribution in [0.2, 0.25) is 10.0 Å². The first-order valence-corrected chi connectivity index (χ1v) is 6.60. The molecule has 1 rings (SSSR count). The van der Waals surface area contributed by atoms with Crippen LogP contribution in [0.15, 0.2) is 18.2 Å². The summed E-state index contributed by atoms with van der Waals surface area (Å²) in [5, 5.41) is 0.233. The third kappa shape index (κ3) is 3.26. The highest BCUT2D eigenvalue weighted by atomic mass is 35.5. The number of halogens is 2. The molecule has 6 heteroatoms. The van der Waals surface area contributed by atoms with Crippen molar-refractivity contribution >= 4 is 38.9 Å². The molecule has 0 saturated carbocycles. The Morgan fingerprint density at radius 1 is 1.27 bits per heavy atom.